The van der Waals surface area contributed by atoms with Gasteiger partial charge in [-0.2, -0.15) is 0 Å². The van der Waals surface area contributed by atoms with E-state index in [4.69, 9.17) is 9.84 Å². The first-order chi connectivity index (χ1) is 12.1. The van der Waals surface area contributed by atoms with Crippen molar-refractivity contribution in [2.45, 2.75) is 52.5 Å². The summed E-state index contributed by atoms with van der Waals surface area (Å²) in [6.07, 6.45) is 4.90. The van der Waals surface area contributed by atoms with Gasteiger partial charge in [0.2, 0.25) is 0 Å². The highest BCUT2D eigenvalue weighted by atomic mass is 16.5. The standard InChI is InChI=1S/C18H40N4O3/c1-4-25-15-21-9-7-5-6-8-10-22-17(16(2)3)13-19-11-12-20-14-18(23)24/h16-17,19-22H,4-15H2,1-3H3,(H,23,24). The van der Waals surface area contributed by atoms with Gasteiger partial charge >= 0.3 is 5.97 Å². The van der Waals surface area contributed by atoms with Gasteiger partial charge in [-0.15, -0.1) is 0 Å². The predicted molar refractivity (Wildman–Crippen MR) is 103 cm³/mol. The van der Waals surface area contributed by atoms with Crippen LogP contribution in [0, 0.1) is 5.92 Å². The second kappa shape index (κ2) is 18.1. The van der Waals surface area contributed by atoms with Crippen molar-refractivity contribution < 1.29 is 14.6 Å². The van der Waals surface area contributed by atoms with E-state index in [0.29, 0.717) is 25.2 Å². The van der Waals surface area contributed by atoms with Gasteiger partial charge in [0, 0.05) is 32.3 Å². The minimum Gasteiger partial charge on any atom is -0.480 e. The van der Waals surface area contributed by atoms with Gasteiger partial charge in [0.05, 0.1) is 13.3 Å². The lowest BCUT2D eigenvalue weighted by molar-refractivity contribution is -0.135. The molecule has 0 saturated heterocycles. The number of carboxylic acids is 1. The van der Waals surface area contributed by atoms with E-state index in [1.165, 1.54) is 25.7 Å². The van der Waals surface area contributed by atoms with E-state index in [1.54, 1.807) is 0 Å². The van der Waals surface area contributed by atoms with Crippen molar-refractivity contribution in [3.8, 4) is 0 Å². The lowest BCUT2D eigenvalue weighted by Crippen LogP contribution is -2.44. The highest BCUT2D eigenvalue weighted by Crippen LogP contribution is 2.02. The van der Waals surface area contributed by atoms with Crippen molar-refractivity contribution in [3.63, 3.8) is 0 Å². The normalized spacial score (nSPS) is 12.6. The molecule has 0 bridgehead atoms. The van der Waals surface area contributed by atoms with Crippen LogP contribution in [0.25, 0.3) is 0 Å². The number of aliphatic carboxylic acids is 1. The molecule has 0 aliphatic heterocycles. The molecule has 0 aromatic carbocycles. The van der Waals surface area contributed by atoms with Crippen molar-refractivity contribution in [1.29, 1.82) is 0 Å². The Morgan fingerprint density at radius 2 is 1.64 bits per heavy atom. The van der Waals surface area contributed by atoms with Crippen LogP contribution in [0.15, 0.2) is 0 Å². The van der Waals surface area contributed by atoms with Crippen LogP contribution >= 0.6 is 0 Å². The number of hydrogen-bond donors (Lipinski definition) is 5. The van der Waals surface area contributed by atoms with Crippen molar-refractivity contribution in [3.05, 3.63) is 0 Å². The van der Waals surface area contributed by atoms with E-state index in [2.05, 4.69) is 35.1 Å². The second-order valence-corrected chi connectivity index (χ2v) is 6.63. The van der Waals surface area contributed by atoms with Crippen molar-refractivity contribution in [2.24, 2.45) is 5.92 Å². The monoisotopic (exact) mass is 360 g/mol. The molecule has 5 N–H and O–H groups in total. The molecule has 0 aromatic heterocycles. The quantitative estimate of drug-likeness (QED) is 0.173. The van der Waals surface area contributed by atoms with Crippen LogP contribution in [-0.2, 0) is 9.53 Å². The fourth-order valence-corrected chi connectivity index (χ4v) is 2.44. The van der Waals surface area contributed by atoms with E-state index in [0.717, 1.165) is 32.8 Å². The first-order valence-corrected chi connectivity index (χ1v) is 9.73. The number of ether oxygens (including phenoxy) is 1. The maximum Gasteiger partial charge on any atom is 0.317 e. The summed E-state index contributed by atoms with van der Waals surface area (Å²) >= 11 is 0. The Morgan fingerprint density at radius 3 is 2.28 bits per heavy atom. The summed E-state index contributed by atoms with van der Waals surface area (Å²) in [4.78, 5) is 10.4. The van der Waals surface area contributed by atoms with Gasteiger partial charge in [-0.25, -0.2) is 0 Å². The summed E-state index contributed by atoms with van der Waals surface area (Å²) < 4.78 is 5.23. The highest BCUT2D eigenvalue weighted by Gasteiger charge is 2.11. The van der Waals surface area contributed by atoms with E-state index in [1.807, 2.05) is 6.92 Å². The Balaban J connectivity index is 3.49. The number of nitrogens with one attached hydrogen (secondary N) is 4. The summed E-state index contributed by atoms with van der Waals surface area (Å²) in [5.41, 5.74) is 0. The first kappa shape index (κ1) is 24.3. The number of carboxylic acid groups (broad SMARTS) is 1. The third-order valence-electron chi connectivity index (χ3n) is 4.02. The lowest BCUT2D eigenvalue weighted by Gasteiger charge is -2.23. The van der Waals surface area contributed by atoms with E-state index >= 15 is 0 Å². The average Bonchev–Trinajstić information content (AvgIpc) is 2.57. The van der Waals surface area contributed by atoms with Gasteiger partial charge in [-0.1, -0.05) is 26.7 Å². The molecule has 0 saturated carbocycles. The minimum absolute atomic E-state index is 0.0225. The Hall–Kier alpha value is -0.730. The zero-order valence-electron chi connectivity index (χ0n) is 16.4. The van der Waals surface area contributed by atoms with Crippen LogP contribution < -0.4 is 21.3 Å². The Bertz CT molecular complexity index is 304. The molecule has 1 unspecified atom stereocenters. The molecule has 0 aliphatic rings. The first-order valence-electron chi connectivity index (χ1n) is 9.73. The fraction of sp³-hybridized carbons (Fsp3) is 0.944. The number of carbonyl (C=O) groups is 1. The van der Waals surface area contributed by atoms with E-state index < -0.39 is 5.97 Å². The molecule has 0 amide bonds. The molecule has 0 aliphatic carbocycles. The molecule has 0 rings (SSSR count). The number of hydrogen-bond acceptors (Lipinski definition) is 6. The number of unbranched alkanes of at least 4 members (excludes halogenated alkanes) is 3. The van der Waals surface area contributed by atoms with Crippen LogP contribution in [0.1, 0.15) is 46.5 Å². The average molecular weight is 361 g/mol. The maximum atomic E-state index is 10.4. The zero-order valence-corrected chi connectivity index (χ0v) is 16.4. The minimum atomic E-state index is -0.813. The van der Waals surface area contributed by atoms with Crippen LogP contribution in [0.2, 0.25) is 0 Å². The predicted octanol–water partition coefficient (Wildman–Crippen LogP) is 1.01. The molecule has 7 nitrogen and oxygen atoms in total. The van der Waals surface area contributed by atoms with Gasteiger partial charge in [0.15, 0.2) is 0 Å². The molecule has 0 aromatic rings. The van der Waals surface area contributed by atoms with Crippen LogP contribution in [0.5, 0.6) is 0 Å². The van der Waals surface area contributed by atoms with Gasteiger partial charge in [0.25, 0.3) is 0 Å². The Kier molecular flexibility index (Phi) is 17.5. The Labute approximate surface area is 153 Å². The molecule has 0 heterocycles. The molecule has 0 radical (unpaired) electrons. The van der Waals surface area contributed by atoms with Crippen LogP contribution in [0.4, 0.5) is 0 Å². The zero-order chi connectivity index (χ0) is 18.8. The van der Waals surface area contributed by atoms with Gasteiger partial charge in [-0.3, -0.25) is 10.1 Å². The lowest BCUT2D eigenvalue weighted by atomic mass is 10.0. The fourth-order valence-electron chi connectivity index (χ4n) is 2.44. The molecule has 1 atom stereocenters. The molecule has 150 valence electrons. The molecule has 0 spiro atoms. The summed E-state index contributed by atoms with van der Waals surface area (Å²) in [6, 6.07) is 0.451. The summed E-state index contributed by atoms with van der Waals surface area (Å²) in [7, 11) is 0. The summed E-state index contributed by atoms with van der Waals surface area (Å²) in [5.74, 6) is -0.242. The molecule has 7 heteroatoms. The molecule has 0 fully saturated rings. The smallest absolute Gasteiger partial charge is 0.317 e. The second-order valence-electron chi connectivity index (χ2n) is 6.63. The van der Waals surface area contributed by atoms with Crippen molar-refractivity contribution in [2.75, 3.05) is 52.6 Å². The maximum absolute atomic E-state index is 10.4. The van der Waals surface area contributed by atoms with Crippen molar-refractivity contribution >= 4 is 5.97 Å². The van der Waals surface area contributed by atoms with Gasteiger partial charge in [0.1, 0.15) is 0 Å². The van der Waals surface area contributed by atoms with E-state index in [-0.39, 0.29) is 6.54 Å². The van der Waals surface area contributed by atoms with Crippen LogP contribution in [-0.4, -0.2) is 69.7 Å². The third-order valence-corrected chi connectivity index (χ3v) is 4.02. The van der Waals surface area contributed by atoms with Crippen LogP contribution in [0.3, 0.4) is 0 Å². The summed E-state index contributed by atoms with van der Waals surface area (Å²) in [5, 5.41) is 21.7. The van der Waals surface area contributed by atoms with Gasteiger partial charge < -0.3 is 25.8 Å². The molecular formula is C18H40N4O3. The SMILES string of the molecule is CCOCNCCCCCCNC(CNCCNCC(=O)O)C(C)C. The molecule has 25 heavy (non-hydrogen) atoms. The van der Waals surface area contributed by atoms with Gasteiger partial charge in [-0.05, 0) is 38.8 Å². The van der Waals surface area contributed by atoms with Crippen molar-refractivity contribution in [1.82, 2.24) is 21.3 Å². The third kappa shape index (κ3) is 17.9. The topological polar surface area (TPSA) is 94.7 Å². The summed E-state index contributed by atoms with van der Waals surface area (Å²) in [6.45, 7) is 12.4. The molecular weight excluding hydrogens is 320 g/mol. The number of rotatable bonds is 19. The van der Waals surface area contributed by atoms with E-state index in [9.17, 15) is 4.79 Å². The largest absolute Gasteiger partial charge is 0.480 e. The Morgan fingerprint density at radius 1 is 0.960 bits per heavy atom. The highest BCUT2D eigenvalue weighted by molar-refractivity contribution is 5.68.